The number of likely N-dealkylation sites (N-methyl/N-ethyl adjacent to an activating group) is 1. The average molecular weight is 538 g/mol. The maximum Gasteiger partial charge on any atom is 0.294 e. The molecule has 0 saturated heterocycles. The first kappa shape index (κ1) is 26.6. The second kappa shape index (κ2) is 11.0. The van der Waals surface area contributed by atoms with E-state index in [0.717, 1.165) is 27.7 Å². The first-order chi connectivity index (χ1) is 19.3. The molecule has 0 aliphatic rings. The zero-order chi connectivity index (χ0) is 28.4. The molecule has 5 rings (SSSR count). The summed E-state index contributed by atoms with van der Waals surface area (Å²) < 4.78 is 17.3. The van der Waals surface area contributed by atoms with Crippen LogP contribution in [-0.2, 0) is 11.3 Å². The molecule has 2 aromatic carbocycles. The molecule has 5 aromatic rings. The molecule has 3 aromatic heterocycles. The molecule has 10 heteroatoms. The molecule has 0 spiro atoms. The Kier molecular flexibility index (Phi) is 7.35. The van der Waals surface area contributed by atoms with Crippen LogP contribution in [0.5, 0.6) is 0 Å². The zero-order valence-electron chi connectivity index (χ0n) is 22.3. The molecule has 0 fully saturated rings. The summed E-state index contributed by atoms with van der Waals surface area (Å²) in [6, 6.07) is 13.3. The van der Waals surface area contributed by atoms with Crippen molar-refractivity contribution in [3.05, 3.63) is 106 Å². The second-order valence-electron chi connectivity index (χ2n) is 9.55. The maximum absolute atomic E-state index is 13.9. The van der Waals surface area contributed by atoms with E-state index in [4.69, 9.17) is 5.41 Å². The molecule has 9 nitrogen and oxygen atoms in total. The van der Waals surface area contributed by atoms with E-state index in [1.54, 1.807) is 56.8 Å². The van der Waals surface area contributed by atoms with Crippen LogP contribution in [-0.4, -0.2) is 44.3 Å². The van der Waals surface area contributed by atoms with E-state index in [0.29, 0.717) is 16.8 Å². The SMILES string of the molecule is CNC(C)C(=O)Nc1ncc(-c2cccc(C=N)c2)n(Cc2cncc(-n3cc(C)c4cc(F)ccc43)c2)c1=O. The molecule has 0 saturated carbocycles. The molecule has 0 bridgehead atoms. The van der Waals surface area contributed by atoms with Gasteiger partial charge in [-0.3, -0.25) is 19.1 Å². The van der Waals surface area contributed by atoms with E-state index in [1.165, 1.54) is 22.9 Å². The summed E-state index contributed by atoms with van der Waals surface area (Å²) >= 11 is 0. The number of carbonyl (C=O) groups excluding carboxylic acids is 1. The third-order valence-corrected chi connectivity index (χ3v) is 6.84. The van der Waals surface area contributed by atoms with E-state index >= 15 is 0 Å². The van der Waals surface area contributed by atoms with Crippen molar-refractivity contribution in [2.75, 3.05) is 12.4 Å². The number of nitrogens with zero attached hydrogens (tertiary/aromatic N) is 4. The van der Waals surface area contributed by atoms with E-state index in [1.807, 2.05) is 29.8 Å². The predicted octanol–water partition coefficient (Wildman–Crippen LogP) is 4.29. The molecule has 40 heavy (non-hydrogen) atoms. The number of hydrogen-bond acceptors (Lipinski definition) is 6. The highest BCUT2D eigenvalue weighted by Gasteiger charge is 2.18. The van der Waals surface area contributed by atoms with Gasteiger partial charge >= 0.3 is 0 Å². The molecular weight excluding hydrogens is 509 g/mol. The van der Waals surface area contributed by atoms with Crippen molar-refractivity contribution in [1.82, 2.24) is 24.4 Å². The van der Waals surface area contributed by atoms with Crippen LogP contribution in [0.1, 0.15) is 23.6 Å². The third-order valence-electron chi connectivity index (χ3n) is 6.84. The van der Waals surface area contributed by atoms with E-state index < -0.39 is 11.6 Å². The molecule has 3 heterocycles. The van der Waals surface area contributed by atoms with Gasteiger partial charge < -0.3 is 20.6 Å². The summed E-state index contributed by atoms with van der Waals surface area (Å²) in [6.07, 6.45) is 8.08. The lowest BCUT2D eigenvalue weighted by atomic mass is 10.1. The van der Waals surface area contributed by atoms with Crippen LogP contribution >= 0.6 is 0 Å². The molecule has 0 aliphatic carbocycles. The highest BCUT2D eigenvalue weighted by molar-refractivity contribution is 5.93. The number of benzene rings is 2. The molecule has 1 atom stereocenters. The number of hydrogen-bond donors (Lipinski definition) is 3. The van der Waals surface area contributed by atoms with Crippen LogP contribution in [0.2, 0.25) is 0 Å². The van der Waals surface area contributed by atoms with Crippen LogP contribution < -0.4 is 16.2 Å². The van der Waals surface area contributed by atoms with Crippen molar-refractivity contribution in [2.45, 2.75) is 26.4 Å². The summed E-state index contributed by atoms with van der Waals surface area (Å²) in [4.78, 5) is 34.9. The maximum atomic E-state index is 13.9. The highest BCUT2D eigenvalue weighted by atomic mass is 19.1. The topological polar surface area (TPSA) is 118 Å². The number of amides is 1. The fraction of sp³-hybridized carbons (Fsp3) is 0.167. The van der Waals surface area contributed by atoms with Gasteiger partial charge in [-0.05, 0) is 67.9 Å². The van der Waals surface area contributed by atoms with E-state index in [9.17, 15) is 14.0 Å². The standard InChI is InChI=1S/C30H28FN7O2/c1-18-16-37(26-8-7-23(31)11-25(18)26)24-10-21(13-34-14-24)17-38-27(22-6-4-5-20(9-22)12-32)15-35-28(30(38)40)36-29(39)19(2)33-3/h4-16,19,32-33H,17H2,1-3H3,(H,35,36,39). The Bertz CT molecular complexity index is 1810. The lowest BCUT2D eigenvalue weighted by molar-refractivity contribution is -0.117. The van der Waals surface area contributed by atoms with Gasteiger partial charge in [0.2, 0.25) is 5.91 Å². The lowest BCUT2D eigenvalue weighted by Crippen LogP contribution is -2.38. The van der Waals surface area contributed by atoms with Gasteiger partial charge in [-0.1, -0.05) is 18.2 Å². The minimum Gasteiger partial charge on any atom is -0.315 e. The minimum absolute atomic E-state index is 0.0859. The first-order valence-electron chi connectivity index (χ1n) is 12.7. The summed E-state index contributed by atoms with van der Waals surface area (Å²) in [5.74, 6) is -0.770. The zero-order valence-corrected chi connectivity index (χ0v) is 22.3. The van der Waals surface area contributed by atoms with Gasteiger partial charge in [0.05, 0.1) is 41.9 Å². The fourth-order valence-corrected chi connectivity index (χ4v) is 4.56. The molecule has 202 valence electrons. The van der Waals surface area contributed by atoms with Gasteiger partial charge in [-0.25, -0.2) is 9.37 Å². The number of fused-ring (bicyclic) bond motifs is 1. The smallest absolute Gasteiger partial charge is 0.294 e. The summed E-state index contributed by atoms with van der Waals surface area (Å²) in [7, 11) is 1.65. The number of nitrogens with one attached hydrogen (secondary N) is 3. The van der Waals surface area contributed by atoms with Gasteiger partial charge in [0.25, 0.3) is 5.56 Å². The molecule has 1 amide bonds. The number of aromatic nitrogens is 4. The quantitative estimate of drug-likeness (QED) is 0.255. The van der Waals surface area contributed by atoms with E-state index in [2.05, 4.69) is 20.6 Å². The summed E-state index contributed by atoms with van der Waals surface area (Å²) in [5.41, 5.74) is 4.68. The van der Waals surface area contributed by atoms with Gasteiger partial charge in [0.15, 0.2) is 5.82 Å². The van der Waals surface area contributed by atoms with Crippen molar-refractivity contribution in [3.8, 4) is 16.9 Å². The monoisotopic (exact) mass is 537 g/mol. The number of carbonyl (C=O) groups is 1. The number of pyridine rings is 1. The molecule has 0 radical (unpaired) electrons. The summed E-state index contributed by atoms with van der Waals surface area (Å²) in [6.45, 7) is 3.75. The number of halogens is 1. The number of anilines is 1. The van der Waals surface area contributed by atoms with Gasteiger partial charge in [0.1, 0.15) is 5.82 Å². The Morgan fingerprint density at radius 3 is 2.75 bits per heavy atom. The van der Waals surface area contributed by atoms with Crippen molar-refractivity contribution in [3.63, 3.8) is 0 Å². The average Bonchev–Trinajstić information content (AvgIpc) is 3.30. The van der Waals surface area contributed by atoms with Crippen molar-refractivity contribution in [2.24, 2.45) is 0 Å². The van der Waals surface area contributed by atoms with E-state index in [-0.39, 0.29) is 24.1 Å². The Morgan fingerprint density at radius 1 is 1.15 bits per heavy atom. The van der Waals surface area contributed by atoms with Crippen LogP contribution in [0.3, 0.4) is 0 Å². The second-order valence-corrected chi connectivity index (χ2v) is 9.55. The van der Waals surface area contributed by atoms with Gasteiger partial charge in [-0.15, -0.1) is 0 Å². The Balaban J connectivity index is 1.60. The fourth-order valence-electron chi connectivity index (χ4n) is 4.56. The van der Waals surface area contributed by atoms with Crippen LogP contribution in [0.15, 0.2) is 78.1 Å². The number of aryl methyl sites for hydroxylation is 1. The highest BCUT2D eigenvalue weighted by Crippen LogP contribution is 2.26. The third kappa shape index (κ3) is 5.16. The van der Waals surface area contributed by atoms with Gasteiger partial charge in [0, 0.05) is 29.6 Å². The van der Waals surface area contributed by atoms with Crippen LogP contribution in [0.25, 0.3) is 27.8 Å². The molecular formula is C30H28FN7O2. The van der Waals surface area contributed by atoms with Crippen molar-refractivity contribution in [1.29, 1.82) is 5.41 Å². The summed E-state index contributed by atoms with van der Waals surface area (Å²) in [5, 5.41) is 13.9. The molecule has 3 N–H and O–H groups in total. The lowest BCUT2D eigenvalue weighted by Gasteiger charge is -2.16. The van der Waals surface area contributed by atoms with Crippen LogP contribution in [0, 0.1) is 18.2 Å². The van der Waals surface area contributed by atoms with Crippen molar-refractivity contribution < 1.29 is 9.18 Å². The minimum atomic E-state index is -0.521. The van der Waals surface area contributed by atoms with Crippen molar-refractivity contribution >= 4 is 28.8 Å². The predicted molar refractivity (Wildman–Crippen MR) is 154 cm³/mol. The molecule has 1 unspecified atom stereocenters. The normalized spacial score (nSPS) is 11.9. The Labute approximate surface area is 229 Å². The Hall–Kier alpha value is -4.96. The van der Waals surface area contributed by atoms with Gasteiger partial charge in [-0.2, -0.15) is 0 Å². The molecule has 0 aliphatic heterocycles. The first-order valence-corrected chi connectivity index (χ1v) is 12.7. The number of rotatable bonds is 8. The Morgan fingerprint density at radius 2 is 1.98 bits per heavy atom. The van der Waals surface area contributed by atoms with Crippen LogP contribution in [0.4, 0.5) is 10.2 Å². The largest absolute Gasteiger partial charge is 0.315 e.